The summed E-state index contributed by atoms with van der Waals surface area (Å²) in [6.07, 6.45) is 0. The molecule has 1 aromatic heterocycles. The molecule has 0 N–H and O–H groups in total. The lowest BCUT2D eigenvalue weighted by Gasteiger charge is -2.10. The molecule has 1 aliphatic rings. The normalized spacial score (nSPS) is 17.0. The third-order valence-corrected chi connectivity index (χ3v) is 6.31. The zero-order chi connectivity index (χ0) is 15.4. The third-order valence-electron chi connectivity index (χ3n) is 4.13. The van der Waals surface area contributed by atoms with E-state index < -0.39 is 11.1 Å². The minimum absolute atomic E-state index is 0.754. The van der Waals surface area contributed by atoms with Gasteiger partial charge in [-0.2, -0.15) is 0 Å². The highest BCUT2D eigenvalue weighted by Gasteiger charge is 2.26. The Bertz CT molecular complexity index is 1050. The summed E-state index contributed by atoms with van der Waals surface area (Å²) in [6.45, 7) is 0. The van der Waals surface area contributed by atoms with Gasteiger partial charge in [0, 0.05) is 22.8 Å². The summed E-state index contributed by atoms with van der Waals surface area (Å²) in [5.74, 6) is 0. The molecule has 3 aromatic carbocycles. The zero-order valence-corrected chi connectivity index (χ0v) is 13.6. The largest absolute Gasteiger partial charge is 0.308 e. The van der Waals surface area contributed by atoms with Gasteiger partial charge in [0.05, 0.1) is 21.6 Å². The lowest BCUT2D eigenvalue weighted by Crippen LogP contribution is -1.99. The van der Waals surface area contributed by atoms with Gasteiger partial charge >= 0.3 is 0 Å². The Hall–Kier alpha value is -2.08. The molecule has 3 nitrogen and oxygen atoms in total. The van der Waals surface area contributed by atoms with Crippen molar-refractivity contribution in [2.45, 2.75) is 9.79 Å². The van der Waals surface area contributed by atoms with Crippen molar-refractivity contribution in [3.8, 4) is 5.69 Å². The van der Waals surface area contributed by atoms with E-state index in [4.69, 9.17) is 3.63 Å². The smallest absolute Gasteiger partial charge is 0.204 e. The Balaban J connectivity index is 1.98. The first-order chi connectivity index (χ1) is 11.3. The molecule has 0 aliphatic carbocycles. The second-order valence-corrected chi connectivity index (χ2v) is 7.39. The van der Waals surface area contributed by atoms with Crippen molar-refractivity contribution < 1.29 is 7.84 Å². The van der Waals surface area contributed by atoms with Crippen LogP contribution < -0.4 is 0 Å². The molecular formula is C18H11NO2S2. The van der Waals surface area contributed by atoms with Gasteiger partial charge in [-0.15, -0.1) is 0 Å². The molecule has 0 bridgehead atoms. The van der Waals surface area contributed by atoms with E-state index in [1.807, 2.05) is 42.5 Å². The van der Waals surface area contributed by atoms with Crippen LogP contribution in [0.4, 0.5) is 0 Å². The fraction of sp³-hybridized carbons (Fsp3) is 0. The van der Waals surface area contributed by atoms with Crippen LogP contribution in [0.2, 0.25) is 0 Å². The molecule has 0 radical (unpaired) electrons. The average molecular weight is 337 g/mol. The van der Waals surface area contributed by atoms with Crippen LogP contribution in [-0.2, 0) is 14.7 Å². The fourth-order valence-corrected chi connectivity index (χ4v) is 5.19. The maximum Gasteiger partial charge on any atom is 0.204 e. The summed E-state index contributed by atoms with van der Waals surface area (Å²) in [5.41, 5.74) is 3.13. The molecule has 0 amide bonds. The van der Waals surface area contributed by atoms with Crippen molar-refractivity contribution in [1.29, 1.82) is 0 Å². The summed E-state index contributed by atoms with van der Waals surface area (Å²) >= 11 is -0.253. The van der Waals surface area contributed by atoms with E-state index in [1.165, 1.54) is 22.8 Å². The predicted molar refractivity (Wildman–Crippen MR) is 94.1 cm³/mol. The van der Waals surface area contributed by atoms with Gasteiger partial charge in [-0.1, -0.05) is 42.5 Å². The quantitative estimate of drug-likeness (QED) is 0.466. The summed E-state index contributed by atoms with van der Waals surface area (Å²) in [7, 11) is 0. The highest BCUT2D eigenvalue weighted by Crippen LogP contribution is 2.42. The molecule has 0 spiro atoms. The zero-order valence-electron chi connectivity index (χ0n) is 11.9. The minimum Gasteiger partial charge on any atom is -0.308 e. The van der Waals surface area contributed by atoms with E-state index in [0.29, 0.717) is 0 Å². The molecule has 2 heterocycles. The van der Waals surface area contributed by atoms with E-state index in [1.54, 1.807) is 0 Å². The average Bonchev–Trinajstić information content (AvgIpc) is 3.14. The van der Waals surface area contributed by atoms with E-state index in [9.17, 15) is 4.21 Å². The van der Waals surface area contributed by atoms with Gasteiger partial charge in [0.1, 0.15) is 4.90 Å². The highest BCUT2D eigenvalue weighted by molar-refractivity contribution is 8.05. The number of aromatic nitrogens is 1. The number of hydrogen-bond donors (Lipinski definition) is 0. The number of hydrogen-bond acceptors (Lipinski definition) is 3. The van der Waals surface area contributed by atoms with Gasteiger partial charge < -0.3 is 4.57 Å². The van der Waals surface area contributed by atoms with E-state index >= 15 is 0 Å². The molecule has 0 fully saturated rings. The maximum absolute atomic E-state index is 12.3. The SMILES string of the molecule is O=S1OSc2cccc(-n3c4ccccc4c4ccccc43)c21. The Morgan fingerprint density at radius 1 is 0.826 bits per heavy atom. The fourth-order valence-electron chi connectivity index (χ4n) is 3.20. The van der Waals surface area contributed by atoms with Gasteiger partial charge in [0.25, 0.3) is 0 Å². The highest BCUT2D eigenvalue weighted by atomic mass is 32.3. The van der Waals surface area contributed by atoms with Crippen LogP contribution in [0.5, 0.6) is 0 Å². The van der Waals surface area contributed by atoms with Gasteiger partial charge in [-0.3, -0.25) is 0 Å². The van der Waals surface area contributed by atoms with Crippen molar-refractivity contribution in [2.24, 2.45) is 0 Å². The summed E-state index contributed by atoms with van der Waals surface area (Å²) < 4.78 is 19.7. The van der Waals surface area contributed by atoms with Crippen molar-refractivity contribution in [2.75, 3.05) is 0 Å². The molecule has 112 valence electrons. The standard InChI is InChI=1S/C18H11NO2S2/c20-23-18-16(10-5-11-17(18)22-21-23)19-14-8-3-1-6-12(14)13-7-2-4-9-15(13)19/h1-11H. The third kappa shape index (κ3) is 1.84. The number of nitrogens with zero attached hydrogens (tertiary/aromatic N) is 1. The second-order valence-electron chi connectivity index (χ2n) is 5.36. The number of rotatable bonds is 1. The molecule has 1 unspecified atom stereocenters. The van der Waals surface area contributed by atoms with E-state index in [-0.39, 0.29) is 0 Å². The summed E-state index contributed by atoms with van der Waals surface area (Å²) in [5, 5.41) is 2.39. The van der Waals surface area contributed by atoms with E-state index in [0.717, 1.165) is 26.5 Å². The van der Waals surface area contributed by atoms with Crippen LogP contribution in [0.1, 0.15) is 0 Å². The Morgan fingerprint density at radius 3 is 2.17 bits per heavy atom. The van der Waals surface area contributed by atoms with Gasteiger partial charge in [0.15, 0.2) is 0 Å². The Labute approximate surface area is 139 Å². The molecule has 23 heavy (non-hydrogen) atoms. The van der Waals surface area contributed by atoms with Crippen LogP contribution in [0.15, 0.2) is 76.5 Å². The van der Waals surface area contributed by atoms with Crippen LogP contribution in [0.25, 0.3) is 27.5 Å². The molecule has 0 saturated heterocycles. The first-order valence-electron chi connectivity index (χ1n) is 7.23. The first kappa shape index (κ1) is 13.4. The van der Waals surface area contributed by atoms with Gasteiger partial charge in [-0.05, 0) is 24.3 Å². The van der Waals surface area contributed by atoms with Crippen molar-refractivity contribution in [1.82, 2.24) is 4.57 Å². The number of benzene rings is 3. The second kappa shape index (κ2) is 4.96. The van der Waals surface area contributed by atoms with Crippen LogP contribution >= 0.6 is 12.0 Å². The van der Waals surface area contributed by atoms with E-state index in [2.05, 4.69) is 28.8 Å². The molecule has 5 rings (SSSR count). The molecule has 5 heteroatoms. The van der Waals surface area contributed by atoms with Crippen molar-refractivity contribution in [3.05, 3.63) is 66.7 Å². The molecule has 1 atom stereocenters. The number of fused-ring (bicyclic) bond motifs is 4. The summed E-state index contributed by atoms with van der Waals surface area (Å²) in [4.78, 5) is 1.67. The lowest BCUT2D eigenvalue weighted by molar-refractivity contribution is 0.617. The maximum atomic E-state index is 12.3. The Morgan fingerprint density at radius 2 is 1.48 bits per heavy atom. The number of para-hydroxylation sites is 2. The molecular weight excluding hydrogens is 326 g/mol. The van der Waals surface area contributed by atoms with Crippen molar-refractivity contribution in [3.63, 3.8) is 0 Å². The minimum atomic E-state index is -1.44. The monoisotopic (exact) mass is 337 g/mol. The van der Waals surface area contributed by atoms with Crippen molar-refractivity contribution >= 4 is 44.9 Å². The Kier molecular flexibility index (Phi) is 2.88. The van der Waals surface area contributed by atoms with Crippen LogP contribution in [0.3, 0.4) is 0 Å². The van der Waals surface area contributed by atoms with Crippen LogP contribution in [-0.4, -0.2) is 8.78 Å². The predicted octanol–water partition coefficient (Wildman–Crippen LogP) is 4.84. The first-order valence-corrected chi connectivity index (χ1v) is 9.04. The molecule has 4 aromatic rings. The van der Waals surface area contributed by atoms with Gasteiger partial charge in [-0.25, -0.2) is 7.84 Å². The topological polar surface area (TPSA) is 31.2 Å². The molecule has 1 aliphatic heterocycles. The van der Waals surface area contributed by atoms with Gasteiger partial charge in [0.2, 0.25) is 11.1 Å². The molecule has 0 saturated carbocycles. The summed E-state index contributed by atoms with van der Waals surface area (Å²) in [6, 6.07) is 22.5. The van der Waals surface area contributed by atoms with Crippen LogP contribution in [0, 0.1) is 0 Å². The lowest BCUT2D eigenvalue weighted by atomic mass is 10.2.